The molecule has 174 valence electrons. The maximum Gasteiger partial charge on any atom is 0.0125 e. The molecule has 0 atom stereocenters. The van der Waals surface area contributed by atoms with Gasteiger partial charge in [-0.2, -0.15) is 0 Å². The Morgan fingerprint density at radius 2 is 0.867 bits per heavy atom. The van der Waals surface area contributed by atoms with Gasteiger partial charge in [0.05, 0.1) is 0 Å². The largest absolute Gasteiger partial charge is 0.300 e. The second-order valence-electron chi connectivity index (χ2n) is 12.9. The number of hydrogen-bond acceptors (Lipinski definition) is 4. The summed E-state index contributed by atoms with van der Waals surface area (Å²) in [6, 6.07) is 2.57. The van der Waals surface area contributed by atoms with Crippen LogP contribution in [0.4, 0.5) is 0 Å². The molecule has 0 aromatic rings. The maximum absolute atomic E-state index is 2.86. The molecule has 0 N–H and O–H groups in total. The van der Waals surface area contributed by atoms with Gasteiger partial charge in [0.25, 0.3) is 0 Å². The van der Waals surface area contributed by atoms with Crippen LogP contribution in [0.3, 0.4) is 0 Å². The topological polar surface area (TPSA) is 13.0 Å². The highest BCUT2D eigenvalue weighted by molar-refractivity contribution is 4.95. The molecule has 0 saturated carbocycles. The number of rotatable bonds is 3. The second kappa shape index (κ2) is 9.00. The first kappa shape index (κ1) is 23.0. The van der Waals surface area contributed by atoms with Crippen LogP contribution in [0.25, 0.3) is 0 Å². The summed E-state index contributed by atoms with van der Waals surface area (Å²) >= 11 is 0. The van der Waals surface area contributed by atoms with Gasteiger partial charge in [-0.05, 0) is 96.8 Å². The van der Waals surface area contributed by atoms with Crippen LogP contribution >= 0.6 is 0 Å². The van der Waals surface area contributed by atoms with Crippen molar-refractivity contribution in [2.45, 2.75) is 104 Å². The fraction of sp³-hybridized carbons (Fsp3) is 1.00. The van der Waals surface area contributed by atoms with Crippen LogP contribution in [0, 0.1) is 11.3 Å². The molecule has 0 spiro atoms. The van der Waals surface area contributed by atoms with Crippen molar-refractivity contribution in [1.82, 2.24) is 19.6 Å². The first-order valence-electron chi connectivity index (χ1n) is 13.1. The van der Waals surface area contributed by atoms with Gasteiger partial charge in [0.1, 0.15) is 0 Å². The van der Waals surface area contributed by atoms with E-state index in [2.05, 4.69) is 61.1 Å². The zero-order chi connectivity index (χ0) is 21.5. The van der Waals surface area contributed by atoms with E-state index in [-0.39, 0.29) is 0 Å². The molecule has 0 aliphatic carbocycles. The highest BCUT2D eigenvalue weighted by Gasteiger charge is 2.40. The molecule has 0 amide bonds. The smallest absolute Gasteiger partial charge is 0.0125 e. The lowest BCUT2D eigenvalue weighted by Crippen LogP contribution is -2.59. The summed E-state index contributed by atoms with van der Waals surface area (Å²) in [4.78, 5) is 11.2. The van der Waals surface area contributed by atoms with Gasteiger partial charge in [0.15, 0.2) is 0 Å². The van der Waals surface area contributed by atoms with Gasteiger partial charge in [0, 0.05) is 49.8 Å². The summed E-state index contributed by atoms with van der Waals surface area (Å²) < 4.78 is 0. The molecule has 0 unspecified atom stereocenters. The summed E-state index contributed by atoms with van der Waals surface area (Å²) in [6.45, 7) is 25.0. The van der Waals surface area contributed by atoms with E-state index in [0.717, 1.165) is 24.0 Å². The fourth-order valence-corrected chi connectivity index (χ4v) is 6.49. The van der Waals surface area contributed by atoms with Gasteiger partial charge in [-0.3, -0.25) is 9.80 Å². The van der Waals surface area contributed by atoms with Crippen LogP contribution in [0.2, 0.25) is 0 Å². The number of nitrogens with zero attached hydrogens (tertiary/aromatic N) is 4. The summed E-state index contributed by atoms with van der Waals surface area (Å²) in [5.41, 5.74) is 0.836. The van der Waals surface area contributed by atoms with Gasteiger partial charge < -0.3 is 9.80 Å². The van der Waals surface area contributed by atoms with Crippen molar-refractivity contribution in [2.75, 3.05) is 52.4 Å². The summed E-state index contributed by atoms with van der Waals surface area (Å²) in [5.74, 6) is 0.912. The minimum absolute atomic E-state index is 0.341. The average Bonchev–Trinajstić information content (AvgIpc) is 2.66. The maximum atomic E-state index is 2.86. The van der Waals surface area contributed by atoms with Crippen molar-refractivity contribution < 1.29 is 0 Å². The lowest BCUT2D eigenvalue weighted by Gasteiger charge is -2.52. The van der Waals surface area contributed by atoms with Crippen molar-refractivity contribution in [2.24, 2.45) is 11.3 Å². The molecule has 4 aliphatic rings. The molecule has 4 fully saturated rings. The van der Waals surface area contributed by atoms with Crippen molar-refractivity contribution >= 4 is 0 Å². The van der Waals surface area contributed by atoms with Gasteiger partial charge >= 0.3 is 0 Å². The molecule has 0 aromatic heterocycles. The summed E-state index contributed by atoms with van der Waals surface area (Å²) in [6.07, 6.45) is 8.36. The van der Waals surface area contributed by atoms with E-state index in [1.54, 1.807) is 0 Å². The fourth-order valence-electron chi connectivity index (χ4n) is 6.49. The normalized spacial score (nSPS) is 29.4. The molecule has 0 aromatic carbocycles. The first-order valence-corrected chi connectivity index (χ1v) is 13.1. The molecular formula is C26H50N4. The van der Waals surface area contributed by atoms with E-state index in [0.29, 0.717) is 11.0 Å². The molecule has 0 radical (unpaired) electrons. The highest BCUT2D eigenvalue weighted by atomic mass is 15.3. The van der Waals surface area contributed by atoms with E-state index in [4.69, 9.17) is 0 Å². The SMILES string of the molecule is CC(C)(C)C1CN(C2CCN(C3CCN(C4CCN(C(C)(C)C)CC4)CC3)CC2)C1. The van der Waals surface area contributed by atoms with Crippen molar-refractivity contribution in [3.63, 3.8) is 0 Å². The zero-order valence-electron chi connectivity index (χ0n) is 21.0. The van der Waals surface area contributed by atoms with E-state index in [1.165, 1.54) is 90.9 Å². The lowest BCUT2D eigenvalue weighted by molar-refractivity contribution is -0.0346. The van der Waals surface area contributed by atoms with Gasteiger partial charge in [-0.25, -0.2) is 0 Å². The monoisotopic (exact) mass is 418 g/mol. The third-order valence-electron chi connectivity index (χ3n) is 9.10. The zero-order valence-corrected chi connectivity index (χ0v) is 21.0. The number of likely N-dealkylation sites (tertiary alicyclic amines) is 4. The first-order chi connectivity index (χ1) is 14.1. The minimum Gasteiger partial charge on any atom is -0.300 e. The van der Waals surface area contributed by atoms with E-state index < -0.39 is 0 Å². The Labute approximate surface area is 187 Å². The molecule has 4 rings (SSSR count). The summed E-state index contributed by atoms with van der Waals surface area (Å²) in [7, 11) is 0. The second-order valence-corrected chi connectivity index (χ2v) is 12.9. The van der Waals surface area contributed by atoms with Crippen molar-refractivity contribution in [3.8, 4) is 0 Å². The Morgan fingerprint density at radius 3 is 1.23 bits per heavy atom. The van der Waals surface area contributed by atoms with Gasteiger partial charge in [-0.1, -0.05) is 20.8 Å². The lowest BCUT2D eigenvalue weighted by atomic mass is 9.75. The van der Waals surface area contributed by atoms with Crippen molar-refractivity contribution in [1.29, 1.82) is 0 Å². The van der Waals surface area contributed by atoms with E-state index >= 15 is 0 Å². The van der Waals surface area contributed by atoms with Crippen LogP contribution in [0.15, 0.2) is 0 Å². The quantitative estimate of drug-likeness (QED) is 0.682. The van der Waals surface area contributed by atoms with E-state index in [1.807, 2.05) is 0 Å². The molecule has 4 saturated heterocycles. The standard InChI is InChI=1S/C26H50N4/c1-25(2,3)21-19-29(20-21)24-9-15-27(16-10-24)22-7-13-28(14-8-22)23-11-17-30(18-12-23)26(4,5)6/h21-24H,7-20H2,1-6H3. The third-order valence-corrected chi connectivity index (χ3v) is 9.10. The van der Waals surface area contributed by atoms with E-state index in [9.17, 15) is 0 Å². The Bertz CT molecular complexity index is 532. The Balaban J connectivity index is 1.15. The molecular weight excluding hydrogens is 368 g/mol. The molecule has 4 nitrogen and oxygen atoms in total. The van der Waals surface area contributed by atoms with Crippen LogP contribution in [0.5, 0.6) is 0 Å². The van der Waals surface area contributed by atoms with Crippen LogP contribution in [0.1, 0.15) is 80.1 Å². The highest BCUT2D eigenvalue weighted by Crippen LogP contribution is 2.37. The third kappa shape index (κ3) is 5.24. The average molecular weight is 419 g/mol. The van der Waals surface area contributed by atoms with Crippen LogP contribution in [-0.4, -0.2) is 95.6 Å². The minimum atomic E-state index is 0.341. The van der Waals surface area contributed by atoms with Crippen LogP contribution < -0.4 is 0 Å². The number of piperidine rings is 3. The molecule has 0 bridgehead atoms. The predicted molar refractivity (Wildman–Crippen MR) is 128 cm³/mol. The Morgan fingerprint density at radius 1 is 0.500 bits per heavy atom. The van der Waals surface area contributed by atoms with Gasteiger partial charge in [0.2, 0.25) is 0 Å². The molecule has 4 aliphatic heterocycles. The molecule has 4 heterocycles. The molecule has 4 heteroatoms. The Kier molecular flexibility index (Phi) is 6.90. The predicted octanol–water partition coefficient (Wildman–Crippen LogP) is 4.16. The number of hydrogen-bond donors (Lipinski definition) is 0. The van der Waals surface area contributed by atoms with Crippen LogP contribution in [-0.2, 0) is 0 Å². The van der Waals surface area contributed by atoms with Gasteiger partial charge in [-0.15, -0.1) is 0 Å². The molecule has 30 heavy (non-hydrogen) atoms. The van der Waals surface area contributed by atoms with Crippen molar-refractivity contribution in [3.05, 3.63) is 0 Å². The summed E-state index contributed by atoms with van der Waals surface area (Å²) in [5, 5.41) is 0. The Hall–Kier alpha value is -0.160.